The van der Waals surface area contributed by atoms with Gasteiger partial charge in [-0.15, -0.1) is 36.2 Å². The van der Waals surface area contributed by atoms with Crippen LogP contribution in [-0.2, 0) is 16.0 Å². The number of anilines is 1. The quantitative estimate of drug-likeness (QED) is 0.643. The predicted octanol–water partition coefficient (Wildman–Crippen LogP) is 2.94. The highest BCUT2D eigenvalue weighted by molar-refractivity contribution is 7.13. The Bertz CT molecular complexity index is 695. The molecule has 2 aromatic rings. The first kappa shape index (κ1) is 24.3. The largest absolute Gasteiger partial charge is 0.354 e. The Morgan fingerprint density at radius 2 is 1.85 bits per heavy atom. The van der Waals surface area contributed by atoms with Gasteiger partial charge in [-0.25, -0.2) is 4.98 Å². The summed E-state index contributed by atoms with van der Waals surface area (Å²) in [6, 6.07) is 9.37. The zero-order valence-electron chi connectivity index (χ0n) is 14.6. The Hall–Kier alpha value is -1.67. The van der Waals surface area contributed by atoms with E-state index in [9.17, 15) is 9.59 Å². The van der Waals surface area contributed by atoms with E-state index in [2.05, 4.69) is 15.6 Å². The van der Waals surface area contributed by atoms with Gasteiger partial charge < -0.3 is 16.4 Å². The Labute approximate surface area is 169 Å². The van der Waals surface area contributed by atoms with Crippen LogP contribution in [0.1, 0.15) is 31.1 Å². The van der Waals surface area contributed by atoms with Gasteiger partial charge in [-0.05, 0) is 5.56 Å². The van der Waals surface area contributed by atoms with Crippen LogP contribution in [0.15, 0.2) is 35.7 Å². The van der Waals surface area contributed by atoms with Crippen LogP contribution in [0.2, 0.25) is 0 Å². The van der Waals surface area contributed by atoms with E-state index in [0.717, 1.165) is 5.56 Å². The highest BCUT2D eigenvalue weighted by Crippen LogP contribution is 2.16. The van der Waals surface area contributed by atoms with Crippen molar-refractivity contribution in [1.82, 2.24) is 10.3 Å². The molecule has 26 heavy (non-hydrogen) atoms. The standard InChI is InChI=1S/C17H22N4O2S.2ClH/c1-11(2)16(23)21-17-20-13(10-24-17)8-15(22)19-9-14(18)12-6-4-3-5-7-12;;/h3-7,10-11,14H,8-9,18H2,1-2H3,(H,19,22)(H,20,21,23);2*1H. The lowest BCUT2D eigenvalue weighted by Crippen LogP contribution is -2.32. The summed E-state index contributed by atoms with van der Waals surface area (Å²) < 4.78 is 0. The van der Waals surface area contributed by atoms with Crippen molar-refractivity contribution in [2.45, 2.75) is 26.3 Å². The minimum Gasteiger partial charge on any atom is -0.354 e. The Morgan fingerprint density at radius 1 is 1.19 bits per heavy atom. The number of carbonyl (C=O) groups excluding carboxylic acids is 2. The third kappa shape index (κ3) is 7.70. The summed E-state index contributed by atoms with van der Waals surface area (Å²) >= 11 is 1.31. The molecule has 1 aromatic carbocycles. The van der Waals surface area contributed by atoms with Crippen LogP contribution in [0.25, 0.3) is 0 Å². The van der Waals surface area contributed by atoms with Gasteiger partial charge in [0.1, 0.15) is 0 Å². The molecule has 1 atom stereocenters. The molecule has 0 radical (unpaired) electrons. The van der Waals surface area contributed by atoms with Crippen molar-refractivity contribution in [2.24, 2.45) is 11.7 Å². The third-order valence-electron chi connectivity index (χ3n) is 3.39. The molecule has 2 amide bonds. The molecule has 0 spiro atoms. The molecule has 0 aliphatic rings. The summed E-state index contributed by atoms with van der Waals surface area (Å²) in [6.45, 7) is 3.99. The van der Waals surface area contributed by atoms with Gasteiger partial charge in [0.15, 0.2) is 5.13 Å². The summed E-state index contributed by atoms with van der Waals surface area (Å²) in [6.07, 6.45) is 0.162. The Balaban J connectivity index is 0.00000312. The summed E-state index contributed by atoms with van der Waals surface area (Å²) in [5.41, 5.74) is 7.65. The molecule has 0 fully saturated rings. The van der Waals surface area contributed by atoms with Crippen molar-refractivity contribution >= 4 is 53.1 Å². The average Bonchev–Trinajstić information content (AvgIpc) is 3.00. The van der Waals surface area contributed by atoms with Crippen molar-refractivity contribution in [3.05, 3.63) is 47.0 Å². The molecule has 0 saturated carbocycles. The number of aromatic nitrogens is 1. The summed E-state index contributed by atoms with van der Waals surface area (Å²) in [5, 5.41) is 7.82. The summed E-state index contributed by atoms with van der Waals surface area (Å²) in [4.78, 5) is 27.9. The van der Waals surface area contributed by atoms with Crippen LogP contribution in [0.4, 0.5) is 5.13 Å². The van der Waals surface area contributed by atoms with Crippen molar-refractivity contribution in [3.8, 4) is 0 Å². The second kappa shape index (κ2) is 11.9. The number of halogens is 2. The lowest BCUT2D eigenvalue weighted by atomic mass is 10.1. The number of nitrogens with one attached hydrogen (secondary N) is 2. The van der Waals surface area contributed by atoms with E-state index in [1.807, 2.05) is 44.2 Å². The molecule has 0 bridgehead atoms. The van der Waals surface area contributed by atoms with Gasteiger partial charge in [-0.2, -0.15) is 0 Å². The van der Waals surface area contributed by atoms with E-state index in [1.165, 1.54) is 11.3 Å². The first-order chi connectivity index (χ1) is 11.5. The molecule has 2 rings (SSSR count). The zero-order valence-corrected chi connectivity index (χ0v) is 17.0. The van der Waals surface area contributed by atoms with Crippen LogP contribution in [0.5, 0.6) is 0 Å². The fraction of sp³-hybridized carbons (Fsp3) is 0.353. The fourth-order valence-electron chi connectivity index (χ4n) is 1.96. The van der Waals surface area contributed by atoms with Gasteiger partial charge in [-0.3, -0.25) is 9.59 Å². The van der Waals surface area contributed by atoms with E-state index in [1.54, 1.807) is 5.38 Å². The second-order valence-corrected chi connectivity index (χ2v) is 6.64. The maximum atomic E-state index is 12.0. The number of benzene rings is 1. The first-order valence-corrected chi connectivity index (χ1v) is 8.66. The molecular formula is C17H24Cl2N4O2S. The molecule has 0 saturated heterocycles. The second-order valence-electron chi connectivity index (χ2n) is 5.79. The van der Waals surface area contributed by atoms with Crippen LogP contribution in [-0.4, -0.2) is 23.3 Å². The minimum absolute atomic E-state index is 0. The average molecular weight is 419 g/mol. The van der Waals surface area contributed by atoms with Crippen LogP contribution < -0.4 is 16.4 Å². The van der Waals surface area contributed by atoms with Gasteiger partial charge in [0.05, 0.1) is 12.1 Å². The van der Waals surface area contributed by atoms with Crippen LogP contribution in [0.3, 0.4) is 0 Å². The number of nitrogens with zero attached hydrogens (tertiary/aromatic N) is 1. The van der Waals surface area contributed by atoms with E-state index >= 15 is 0 Å². The molecule has 4 N–H and O–H groups in total. The molecule has 1 aromatic heterocycles. The van der Waals surface area contributed by atoms with Crippen molar-refractivity contribution in [3.63, 3.8) is 0 Å². The van der Waals surface area contributed by atoms with Gasteiger partial charge in [0.2, 0.25) is 11.8 Å². The van der Waals surface area contributed by atoms with Crippen LogP contribution >= 0.6 is 36.2 Å². The number of hydrogen-bond donors (Lipinski definition) is 3. The highest BCUT2D eigenvalue weighted by Gasteiger charge is 2.13. The van der Waals surface area contributed by atoms with Gasteiger partial charge in [0, 0.05) is 23.9 Å². The Morgan fingerprint density at radius 3 is 2.46 bits per heavy atom. The van der Waals surface area contributed by atoms with Crippen molar-refractivity contribution in [2.75, 3.05) is 11.9 Å². The summed E-state index contributed by atoms with van der Waals surface area (Å²) in [7, 11) is 0. The molecule has 0 aliphatic heterocycles. The number of amides is 2. The number of nitrogens with two attached hydrogens (primary N) is 1. The number of hydrogen-bond acceptors (Lipinski definition) is 5. The van der Waals surface area contributed by atoms with Crippen LogP contribution in [0, 0.1) is 5.92 Å². The highest BCUT2D eigenvalue weighted by atomic mass is 35.5. The van der Waals surface area contributed by atoms with E-state index in [-0.39, 0.29) is 55.0 Å². The maximum Gasteiger partial charge on any atom is 0.228 e. The normalized spacial score (nSPS) is 11.1. The fourth-order valence-corrected chi connectivity index (χ4v) is 2.68. The molecule has 1 heterocycles. The van der Waals surface area contributed by atoms with Crippen molar-refractivity contribution in [1.29, 1.82) is 0 Å². The first-order valence-electron chi connectivity index (χ1n) is 7.78. The number of carbonyl (C=O) groups is 2. The van der Waals surface area contributed by atoms with E-state index in [0.29, 0.717) is 17.4 Å². The minimum atomic E-state index is -0.244. The SMILES string of the molecule is CC(C)C(=O)Nc1nc(CC(=O)NCC(N)c2ccccc2)cs1.Cl.Cl. The smallest absolute Gasteiger partial charge is 0.228 e. The molecule has 1 unspecified atom stereocenters. The Kier molecular flexibility index (Phi) is 11.1. The van der Waals surface area contributed by atoms with Crippen molar-refractivity contribution < 1.29 is 9.59 Å². The van der Waals surface area contributed by atoms with Gasteiger partial charge in [0.25, 0.3) is 0 Å². The molecule has 6 nitrogen and oxygen atoms in total. The molecular weight excluding hydrogens is 395 g/mol. The number of rotatable bonds is 7. The zero-order chi connectivity index (χ0) is 17.5. The molecule has 0 aliphatic carbocycles. The lowest BCUT2D eigenvalue weighted by molar-refractivity contribution is -0.120. The predicted molar refractivity (Wildman–Crippen MR) is 110 cm³/mol. The summed E-state index contributed by atoms with van der Waals surface area (Å²) in [5.74, 6) is -0.345. The van der Waals surface area contributed by atoms with Gasteiger partial charge in [-0.1, -0.05) is 44.2 Å². The topological polar surface area (TPSA) is 97.1 Å². The van der Waals surface area contributed by atoms with E-state index in [4.69, 9.17) is 5.73 Å². The lowest BCUT2D eigenvalue weighted by Gasteiger charge is -2.12. The molecule has 9 heteroatoms. The van der Waals surface area contributed by atoms with E-state index < -0.39 is 0 Å². The number of thiazole rings is 1. The maximum absolute atomic E-state index is 12.0. The monoisotopic (exact) mass is 418 g/mol. The van der Waals surface area contributed by atoms with Gasteiger partial charge >= 0.3 is 0 Å². The third-order valence-corrected chi connectivity index (χ3v) is 4.20. The molecule has 144 valence electrons.